The van der Waals surface area contributed by atoms with Crippen molar-refractivity contribution < 1.29 is 9.53 Å². The van der Waals surface area contributed by atoms with Crippen LogP contribution in [0, 0.1) is 0 Å². The number of ether oxygens (including phenoxy) is 1. The molecule has 1 atom stereocenters. The van der Waals surface area contributed by atoms with Crippen molar-refractivity contribution in [2.24, 2.45) is 7.05 Å². The number of benzene rings is 1. The Hall–Kier alpha value is -2.63. The Labute approximate surface area is 153 Å². The fraction of sp³-hybridized carbons (Fsp3) is 0.450. The summed E-state index contributed by atoms with van der Waals surface area (Å²) in [6.45, 7) is 1.52. The summed E-state index contributed by atoms with van der Waals surface area (Å²) in [7, 11) is 1.90. The Bertz CT molecular complexity index is 829. The summed E-state index contributed by atoms with van der Waals surface area (Å²) < 4.78 is 8.22. The molecule has 6 heteroatoms. The van der Waals surface area contributed by atoms with Gasteiger partial charge in [-0.25, -0.2) is 0 Å². The second-order valence-corrected chi connectivity index (χ2v) is 7.13. The molecular formula is C20H24N4O2. The van der Waals surface area contributed by atoms with Gasteiger partial charge in [0.05, 0.1) is 0 Å². The van der Waals surface area contributed by atoms with E-state index >= 15 is 0 Å². The molecule has 4 rings (SSSR count). The maximum absolute atomic E-state index is 12.6. The van der Waals surface area contributed by atoms with Crippen molar-refractivity contribution in [1.29, 1.82) is 0 Å². The number of amides is 1. The van der Waals surface area contributed by atoms with Gasteiger partial charge in [-0.1, -0.05) is 24.3 Å². The summed E-state index contributed by atoms with van der Waals surface area (Å²) in [5.41, 5.74) is 0.839. The van der Waals surface area contributed by atoms with Gasteiger partial charge in [-0.3, -0.25) is 4.79 Å². The van der Waals surface area contributed by atoms with Crippen LogP contribution in [0.5, 0.6) is 5.75 Å². The lowest BCUT2D eigenvalue weighted by atomic mass is 9.91. The third-order valence-corrected chi connectivity index (χ3v) is 5.35. The van der Waals surface area contributed by atoms with E-state index in [1.54, 1.807) is 6.33 Å². The highest BCUT2D eigenvalue weighted by atomic mass is 16.5. The van der Waals surface area contributed by atoms with Gasteiger partial charge in [0.25, 0.3) is 0 Å². The van der Waals surface area contributed by atoms with Crippen molar-refractivity contribution in [3.63, 3.8) is 0 Å². The Morgan fingerprint density at radius 1 is 1.27 bits per heavy atom. The standard InChI is InChI=1S/C20H24N4O2/c1-23-15-21-22-18(23)7-8-19(25)24-13-4-10-20(12-14-24)11-9-16-5-2-3-6-17(16)26-20/h2-3,5-6,9,11,15H,4,7-8,10,12-14H2,1H3. The van der Waals surface area contributed by atoms with E-state index < -0.39 is 0 Å². The molecule has 1 fully saturated rings. The SMILES string of the molecule is Cn1cnnc1CCC(=O)N1CCCC2(C=Cc3ccccc3O2)CC1. The Kier molecular flexibility index (Phi) is 4.49. The van der Waals surface area contributed by atoms with Crippen molar-refractivity contribution in [3.8, 4) is 5.75 Å². The number of aryl methyl sites for hydroxylation is 2. The molecule has 0 radical (unpaired) electrons. The van der Waals surface area contributed by atoms with Gasteiger partial charge in [0, 0.05) is 45.0 Å². The third kappa shape index (κ3) is 3.36. The maximum Gasteiger partial charge on any atom is 0.223 e. The first-order valence-electron chi connectivity index (χ1n) is 9.23. The van der Waals surface area contributed by atoms with E-state index in [4.69, 9.17) is 4.74 Å². The molecule has 3 heterocycles. The van der Waals surface area contributed by atoms with E-state index in [1.807, 2.05) is 34.7 Å². The summed E-state index contributed by atoms with van der Waals surface area (Å²) in [5, 5.41) is 7.92. The van der Waals surface area contributed by atoms with Crippen LogP contribution in [0.25, 0.3) is 6.08 Å². The summed E-state index contributed by atoms with van der Waals surface area (Å²) in [6, 6.07) is 8.12. The molecule has 1 saturated heterocycles. The molecule has 1 aromatic carbocycles. The Morgan fingerprint density at radius 2 is 2.15 bits per heavy atom. The average Bonchev–Trinajstić information content (AvgIpc) is 2.96. The predicted octanol–water partition coefficient (Wildman–Crippen LogP) is 2.60. The van der Waals surface area contributed by atoms with Gasteiger partial charge in [-0.15, -0.1) is 10.2 Å². The molecule has 0 aliphatic carbocycles. The zero-order chi connectivity index (χ0) is 18.0. The molecule has 1 aromatic heterocycles. The van der Waals surface area contributed by atoms with Crippen molar-refractivity contribution in [3.05, 3.63) is 48.1 Å². The van der Waals surface area contributed by atoms with Crippen molar-refractivity contribution in [2.45, 2.75) is 37.7 Å². The lowest BCUT2D eigenvalue weighted by Gasteiger charge is -2.34. The van der Waals surface area contributed by atoms with E-state index in [0.717, 1.165) is 49.5 Å². The van der Waals surface area contributed by atoms with Crippen LogP contribution >= 0.6 is 0 Å². The first-order chi connectivity index (χ1) is 12.7. The predicted molar refractivity (Wildman–Crippen MR) is 98.6 cm³/mol. The van der Waals surface area contributed by atoms with Gasteiger partial charge < -0.3 is 14.2 Å². The summed E-state index contributed by atoms with van der Waals surface area (Å²) in [5.74, 6) is 1.97. The molecule has 1 unspecified atom stereocenters. The zero-order valence-electron chi connectivity index (χ0n) is 15.1. The minimum atomic E-state index is -0.285. The number of likely N-dealkylation sites (tertiary alicyclic amines) is 1. The van der Waals surface area contributed by atoms with E-state index in [-0.39, 0.29) is 11.5 Å². The first kappa shape index (κ1) is 16.8. The highest BCUT2D eigenvalue weighted by molar-refractivity contribution is 5.76. The van der Waals surface area contributed by atoms with Crippen molar-refractivity contribution in [1.82, 2.24) is 19.7 Å². The molecular weight excluding hydrogens is 328 g/mol. The number of hydrogen-bond acceptors (Lipinski definition) is 4. The Balaban J connectivity index is 1.38. The van der Waals surface area contributed by atoms with Crippen molar-refractivity contribution >= 4 is 12.0 Å². The fourth-order valence-electron chi connectivity index (χ4n) is 3.76. The molecule has 136 valence electrons. The minimum Gasteiger partial charge on any atom is -0.483 e. The van der Waals surface area contributed by atoms with Crippen LogP contribution in [0.15, 0.2) is 36.7 Å². The van der Waals surface area contributed by atoms with Gasteiger partial charge in [0.1, 0.15) is 23.5 Å². The van der Waals surface area contributed by atoms with Gasteiger partial charge in [0.15, 0.2) is 0 Å². The number of hydrogen-bond donors (Lipinski definition) is 0. The highest BCUT2D eigenvalue weighted by Crippen LogP contribution is 2.36. The first-order valence-corrected chi connectivity index (χ1v) is 9.23. The van der Waals surface area contributed by atoms with Gasteiger partial charge >= 0.3 is 0 Å². The molecule has 1 amide bonds. The number of aromatic nitrogens is 3. The monoisotopic (exact) mass is 352 g/mol. The molecule has 0 saturated carbocycles. The van der Waals surface area contributed by atoms with Crippen LogP contribution in [0.2, 0.25) is 0 Å². The molecule has 2 aromatic rings. The maximum atomic E-state index is 12.6. The quantitative estimate of drug-likeness (QED) is 0.852. The van der Waals surface area contributed by atoms with Gasteiger partial charge in [-0.2, -0.15) is 0 Å². The second-order valence-electron chi connectivity index (χ2n) is 7.13. The normalized spacial score (nSPS) is 22.0. The van der Waals surface area contributed by atoms with Crippen LogP contribution in [-0.2, 0) is 18.3 Å². The summed E-state index contributed by atoms with van der Waals surface area (Å²) in [4.78, 5) is 14.6. The van der Waals surface area contributed by atoms with Crippen LogP contribution < -0.4 is 4.74 Å². The Morgan fingerprint density at radius 3 is 3.00 bits per heavy atom. The van der Waals surface area contributed by atoms with Crippen molar-refractivity contribution in [2.75, 3.05) is 13.1 Å². The van der Waals surface area contributed by atoms with Gasteiger partial charge in [-0.05, 0) is 25.0 Å². The van der Waals surface area contributed by atoms with E-state index in [1.165, 1.54) is 0 Å². The summed E-state index contributed by atoms with van der Waals surface area (Å²) in [6.07, 6.45) is 9.81. The topological polar surface area (TPSA) is 60.2 Å². The summed E-state index contributed by atoms with van der Waals surface area (Å²) >= 11 is 0. The van der Waals surface area contributed by atoms with Crippen LogP contribution in [0.3, 0.4) is 0 Å². The molecule has 26 heavy (non-hydrogen) atoms. The zero-order valence-corrected chi connectivity index (χ0v) is 15.1. The molecule has 1 spiro atoms. The van der Waals surface area contributed by atoms with Crippen LogP contribution in [0.4, 0.5) is 0 Å². The number of fused-ring (bicyclic) bond motifs is 1. The van der Waals surface area contributed by atoms with E-state index in [0.29, 0.717) is 12.8 Å². The largest absolute Gasteiger partial charge is 0.483 e. The molecule has 2 aliphatic rings. The second kappa shape index (κ2) is 6.94. The molecule has 0 bridgehead atoms. The lowest BCUT2D eigenvalue weighted by Crippen LogP contribution is -2.38. The number of rotatable bonds is 3. The average molecular weight is 352 g/mol. The van der Waals surface area contributed by atoms with Crippen LogP contribution in [0.1, 0.15) is 37.1 Å². The van der Waals surface area contributed by atoms with Gasteiger partial charge in [0.2, 0.25) is 5.91 Å². The third-order valence-electron chi connectivity index (χ3n) is 5.35. The number of carbonyl (C=O) groups excluding carboxylic acids is 1. The molecule has 2 aliphatic heterocycles. The number of carbonyl (C=O) groups is 1. The van der Waals surface area contributed by atoms with E-state index in [9.17, 15) is 4.79 Å². The minimum absolute atomic E-state index is 0.185. The smallest absolute Gasteiger partial charge is 0.223 e. The van der Waals surface area contributed by atoms with Crippen LogP contribution in [-0.4, -0.2) is 44.3 Å². The lowest BCUT2D eigenvalue weighted by molar-refractivity contribution is -0.131. The number of para-hydroxylation sites is 1. The molecule has 0 N–H and O–H groups in total. The van der Waals surface area contributed by atoms with E-state index in [2.05, 4.69) is 28.4 Å². The highest BCUT2D eigenvalue weighted by Gasteiger charge is 2.35. The number of nitrogens with zero attached hydrogens (tertiary/aromatic N) is 4. The fourth-order valence-corrected chi connectivity index (χ4v) is 3.76. The molecule has 6 nitrogen and oxygen atoms in total.